The van der Waals surface area contributed by atoms with Gasteiger partial charge in [-0.25, -0.2) is 0 Å². The van der Waals surface area contributed by atoms with Crippen molar-refractivity contribution < 1.29 is 19.1 Å². The van der Waals surface area contributed by atoms with Crippen LogP contribution in [-0.2, 0) is 4.79 Å². The first kappa shape index (κ1) is 19.6. The zero-order valence-electron chi connectivity index (χ0n) is 13.6. The molecule has 0 aliphatic rings. The average Bonchev–Trinajstić information content (AvgIpc) is 2.64. The zero-order valence-corrected chi connectivity index (χ0v) is 15.1. The topological polar surface area (TPSA) is 96.5 Å². The van der Waals surface area contributed by atoms with E-state index in [-0.39, 0.29) is 12.1 Å². The van der Waals surface area contributed by atoms with Crippen LogP contribution in [0.5, 0.6) is 5.75 Å². The van der Waals surface area contributed by atoms with Crippen LogP contribution in [0.4, 0.5) is 0 Å². The van der Waals surface area contributed by atoms with Crippen molar-refractivity contribution in [3.05, 3.63) is 63.6 Å². The van der Waals surface area contributed by atoms with Crippen molar-refractivity contribution >= 4 is 40.9 Å². The Morgan fingerprint density at radius 1 is 0.962 bits per heavy atom. The van der Waals surface area contributed by atoms with E-state index in [1.807, 2.05) is 0 Å². The highest BCUT2D eigenvalue weighted by Crippen LogP contribution is 2.22. The Morgan fingerprint density at radius 3 is 2.38 bits per heavy atom. The number of rotatable bonds is 5. The summed E-state index contributed by atoms with van der Waals surface area (Å²) in [6.07, 6.45) is 0. The molecule has 0 radical (unpaired) electrons. The van der Waals surface area contributed by atoms with E-state index in [9.17, 15) is 14.4 Å². The summed E-state index contributed by atoms with van der Waals surface area (Å²) in [4.78, 5) is 35.8. The molecule has 0 atom stereocenters. The van der Waals surface area contributed by atoms with Crippen LogP contribution in [0.15, 0.2) is 42.5 Å². The maximum absolute atomic E-state index is 12.1. The second-order valence-electron chi connectivity index (χ2n) is 5.04. The van der Waals surface area contributed by atoms with Gasteiger partial charge in [0, 0.05) is 15.6 Å². The number of hydrogen-bond donors (Lipinski definition) is 3. The van der Waals surface area contributed by atoms with Crippen molar-refractivity contribution in [2.24, 2.45) is 0 Å². The minimum atomic E-state index is -0.616. The third kappa shape index (κ3) is 5.37. The molecular weight excluding hydrogens is 381 g/mol. The molecule has 2 aromatic carbocycles. The maximum atomic E-state index is 12.1. The van der Waals surface area contributed by atoms with E-state index in [1.54, 1.807) is 24.3 Å². The van der Waals surface area contributed by atoms with Crippen molar-refractivity contribution in [2.75, 3.05) is 13.7 Å². The van der Waals surface area contributed by atoms with Gasteiger partial charge in [-0.3, -0.25) is 25.2 Å². The number of benzene rings is 2. The van der Waals surface area contributed by atoms with Gasteiger partial charge in [-0.15, -0.1) is 0 Å². The molecule has 3 N–H and O–H groups in total. The van der Waals surface area contributed by atoms with E-state index < -0.39 is 17.7 Å². The van der Waals surface area contributed by atoms with Crippen LogP contribution in [0.2, 0.25) is 10.0 Å². The van der Waals surface area contributed by atoms with Crippen LogP contribution in [0.3, 0.4) is 0 Å². The highest BCUT2D eigenvalue weighted by molar-refractivity contribution is 6.31. The van der Waals surface area contributed by atoms with E-state index in [0.717, 1.165) is 0 Å². The Balaban J connectivity index is 1.86. The molecule has 0 spiro atoms. The number of nitrogens with one attached hydrogen (secondary N) is 3. The third-order valence-corrected chi connectivity index (χ3v) is 3.69. The highest BCUT2D eigenvalue weighted by atomic mass is 35.5. The largest absolute Gasteiger partial charge is 0.496 e. The van der Waals surface area contributed by atoms with Gasteiger partial charge < -0.3 is 10.1 Å². The molecule has 136 valence electrons. The third-order valence-electron chi connectivity index (χ3n) is 3.22. The normalized spacial score (nSPS) is 9.96. The van der Waals surface area contributed by atoms with Crippen LogP contribution in [0.1, 0.15) is 20.7 Å². The first-order valence-electron chi connectivity index (χ1n) is 7.37. The zero-order chi connectivity index (χ0) is 19.1. The van der Waals surface area contributed by atoms with Crippen LogP contribution in [0.25, 0.3) is 0 Å². The molecule has 0 aliphatic carbocycles. The number of carbonyl (C=O) groups excluding carboxylic acids is 3. The second-order valence-corrected chi connectivity index (χ2v) is 5.91. The molecule has 2 rings (SSSR count). The number of methoxy groups -OCH3 is 1. The van der Waals surface area contributed by atoms with Gasteiger partial charge in [0.1, 0.15) is 5.75 Å². The molecule has 0 saturated carbocycles. The fraction of sp³-hybridized carbons (Fsp3) is 0.118. The summed E-state index contributed by atoms with van der Waals surface area (Å²) in [5, 5.41) is 3.17. The first-order valence-corrected chi connectivity index (χ1v) is 8.13. The second kappa shape index (κ2) is 9.07. The molecule has 0 aromatic heterocycles. The molecule has 0 fully saturated rings. The SMILES string of the molecule is COc1ccc(Cl)cc1C(=O)NNC(=O)CNC(=O)c1cccc(Cl)c1. The summed E-state index contributed by atoms with van der Waals surface area (Å²) in [6.45, 7) is -0.335. The molecule has 9 heteroatoms. The fourth-order valence-corrected chi connectivity index (χ4v) is 2.35. The van der Waals surface area contributed by atoms with Gasteiger partial charge in [-0.1, -0.05) is 29.3 Å². The van der Waals surface area contributed by atoms with Gasteiger partial charge in [0.15, 0.2) is 0 Å². The molecule has 2 aromatic rings. The molecule has 0 bridgehead atoms. The Hall–Kier alpha value is -2.77. The van der Waals surface area contributed by atoms with E-state index in [1.165, 1.54) is 25.3 Å². The Bertz CT molecular complexity index is 843. The lowest BCUT2D eigenvalue weighted by Gasteiger charge is -2.11. The predicted molar refractivity (Wildman–Crippen MR) is 97.4 cm³/mol. The van der Waals surface area contributed by atoms with Crippen molar-refractivity contribution in [3.8, 4) is 5.75 Å². The number of hydrogen-bond acceptors (Lipinski definition) is 4. The molecule has 26 heavy (non-hydrogen) atoms. The summed E-state index contributed by atoms with van der Waals surface area (Å²) >= 11 is 11.7. The lowest BCUT2D eigenvalue weighted by molar-refractivity contribution is -0.120. The van der Waals surface area contributed by atoms with Gasteiger partial charge in [0.05, 0.1) is 19.2 Å². The average molecular weight is 396 g/mol. The molecule has 3 amide bonds. The quantitative estimate of drug-likeness (QED) is 0.676. The van der Waals surface area contributed by atoms with Crippen LogP contribution >= 0.6 is 23.2 Å². The number of amides is 3. The summed E-state index contributed by atoms with van der Waals surface area (Å²) in [5.41, 5.74) is 4.89. The van der Waals surface area contributed by atoms with E-state index >= 15 is 0 Å². The number of carbonyl (C=O) groups is 3. The smallest absolute Gasteiger partial charge is 0.273 e. The Labute approximate surface area is 159 Å². The Kier molecular flexibility index (Phi) is 6.82. The number of halogens is 2. The summed E-state index contributed by atoms with van der Waals surface area (Å²) in [7, 11) is 1.41. The van der Waals surface area contributed by atoms with E-state index in [0.29, 0.717) is 21.4 Å². The predicted octanol–water partition coefficient (Wildman–Crippen LogP) is 2.19. The van der Waals surface area contributed by atoms with Crippen molar-refractivity contribution in [3.63, 3.8) is 0 Å². The van der Waals surface area contributed by atoms with E-state index in [4.69, 9.17) is 27.9 Å². The first-order chi connectivity index (χ1) is 12.4. The van der Waals surface area contributed by atoms with Gasteiger partial charge in [0.25, 0.3) is 17.7 Å². The highest BCUT2D eigenvalue weighted by Gasteiger charge is 2.14. The Morgan fingerprint density at radius 2 is 1.69 bits per heavy atom. The van der Waals surface area contributed by atoms with Crippen LogP contribution < -0.4 is 20.9 Å². The summed E-state index contributed by atoms with van der Waals surface area (Å²) < 4.78 is 5.07. The molecule has 0 unspecified atom stereocenters. The lowest BCUT2D eigenvalue weighted by Crippen LogP contribution is -2.46. The van der Waals surface area contributed by atoms with Crippen molar-refractivity contribution in [1.29, 1.82) is 0 Å². The minimum Gasteiger partial charge on any atom is -0.496 e. The lowest BCUT2D eigenvalue weighted by atomic mass is 10.2. The molecular formula is C17H15Cl2N3O4. The monoisotopic (exact) mass is 395 g/mol. The molecule has 0 aliphatic heterocycles. The van der Waals surface area contributed by atoms with E-state index in [2.05, 4.69) is 16.2 Å². The van der Waals surface area contributed by atoms with Gasteiger partial charge in [-0.05, 0) is 36.4 Å². The van der Waals surface area contributed by atoms with Crippen molar-refractivity contribution in [2.45, 2.75) is 0 Å². The number of ether oxygens (including phenoxy) is 1. The molecule has 0 heterocycles. The van der Waals surface area contributed by atoms with Crippen LogP contribution in [0, 0.1) is 0 Å². The number of hydrazine groups is 1. The van der Waals surface area contributed by atoms with Crippen molar-refractivity contribution in [1.82, 2.24) is 16.2 Å². The maximum Gasteiger partial charge on any atom is 0.273 e. The molecule has 7 nitrogen and oxygen atoms in total. The van der Waals surface area contributed by atoms with Gasteiger partial charge in [0.2, 0.25) is 0 Å². The van der Waals surface area contributed by atoms with Crippen LogP contribution in [-0.4, -0.2) is 31.4 Å². The summed E-state index contributed by atoms with van der Waals surface area (Å²) in [5.74, 6) is -1.39. The van der Waals surface area contributed by atoms with Gasteiger partial charge >= 0.3 is 0 Å². The molecule has 0 saturated heterocycles. The standard InChI is InChI=1S/C17H15Cl2N3O4/c1-26-14-6-5-12(19)8-13(14)17(25)22-21-15(23)9-20-16(24)10-3-2-4-11(18)7-10/h2-8H,9H2,1H3,(H,20,24)(H,21,23)(H,22,25). The fourth-order valence-electron chi connectivity index (χ4n) is 1.99. The minimum absolute atomic E-state index is 0.156. The summed E-state index contributed by atoms with van der Waals surface area (Å²) in [6, 6.07) is 10.8. The van der Waals surface area contributed by atoms with Gasteiger partial charge in [-0.2, -0.15) is 0 Å².